The lowest BCUT2D eigenvalue weighted by Gasteiger charge is -2.18. The number of carbonyl (C=O) groups is 1. The number of nitrogens with zero attached hydrogens (tertiary/aromatic N) is 3. The molecule has 8 heteroatoms. The van der Waals surface area contributed by atoms with Crippen LogP contribution < -0.4 is 5.32 Å². The molecule has 28 heavy (non-hydrogen) atoms. The zero-order valence-electron chi connectivity index (χ0n) is 15.1. The Balaban J connectivity index is 1.64. The van der Waals surface area contributed by atoms with Crippen molar-refractivity contribution in [3.63, 3.8) is 0 Å². The summed E-state index contributed by atoms with van der Waals surface area (Å²) in [6, 6.07) is 10.0. The molecule has 0 unspecified atom stereocenters. The fraction of sp³-hybridized carbons (Fsp3) is 0.300. The first-order valence-electron chi connectivity index (χ1n) is 9.39. The van der Waals surface area contributed by atoms with Crippen LogP contribution >= 0.6 is 35.3 Å². The van der Waals surface area contributed by atoms with Crippen molar-refractivity contribution in [1.29, 1.82) is 0 Å². The number of nitrogens with one attached hydrogen (secondary N) is 1. The smallest absolute Gasteiger partial charge is 0.263 e. The highest BCUT2D eigenvalue weighted by molar-refractivity contribution is 8.26. The van der Waals surface area contributed by atoms with Crippen LogP contribution in [0.3, 0.4) is 0 Å². The van der Waals surface area contributed by atoms with Crippen molar-refractivity contribution in [1.82, 2.24) is 19.9 Å². The molecule has 1 aliphatic carbocycles. The van der Waals surface area contributed by atoms with E-state index < -0.39 is 0 Å². The highest BCUT2D eigenvalue weighted by Crippen LogP contribution is 2.37. The second-order valence-electron chi connectivity index (χ2n) is 7.03. The second kappa shape index (κ2) is 7.42. The zero-order valence-corrected chi connectivity index (χ0v) is 17.5. The van der Waals surface area contributed by atoms with E-state index in [2.05, 4.69) is 5.32 Å². The fourth-order valence-electron chi connectivity index (χ4n) is 3.78. The van der Waals surface area contributed by atoms with Crippen molar-refractivity contribution in [2.45, 2.75) is 38.0 Å². The third-order valence-corrected chi connectivity index (χ3v) is 7.40. The minimum atomic E-state index is -0.160. The van der Waals surface area contributed by atoms with Crippen LogP contribution in [0, 0.1) is 0 Å². The van der Waals surface area contributed by atoms with Crippen LogP contribution in [0.15, 0.2) is 35.2 Å². The van der Waals surface area contributed by atoms with E-state index in [1.807, 2.05) is 40.9 Å². The Morgan fingerprint density at radius 2 is 1.96 bits per heavy atom. The molecule has 1 N–H and O–H groups in total. The van der Waals surface area contributed by atoms with Gasteiger partial charge >= 0.3 is 0 Å². The van der Waals surface area contributed by atoms with Gasteiger partial charge < -0.3 is 5.32 Å². The lowest BCUT2D eigenvalue weighted by molar-refractivity contribution is -0.115. The molecular formula is C20H18N4OS3. The summed E-state index contributed by atoms with van der Waals surface area (Å²) in [5, 5.41) is 8.76. The normalized spacial score (nSPS) is 19.6. The van der Waals surface area contributed by atoms with Crippen LogP contribution in [-0.2, 0) is 4.79 Å². The predicted octanol–water partition coefficient (Wildman–Crippen LogP) is 4.99. The van der Waals surface area contributed by atoms with Gasteiger partial charge in [-0.3, -0.25) is 4.79 Å². The van der Waals surface area contributed by atoms with Gasteiger partial charge in [0.2, 0.25) is 4.96 Å². The van der Waals surface area contributed by atoms with Crippen LogP contribution in [0.4, 0.5) is 0 Å². The van der Waals surface area contributed by atoms with E-state index in [1.54, 1.807) is 11.3 Å². The molecule has 5 nitrogen and oxygen atoms in total. The van der Waals surface area contributed by atoms with Gasteiger partial charge in [0.25, 0.3) is 5.91 Å². The molecule has 2 fully saturated rings. The molecule has 1 amide bonds. The average molecular weight is 427 g/mol. The minimum Gasteiger partial charge on any atom is -0.307 e. The molecule has 0 atom stereocenters. The second-order valence-corrected chi connectivity index (χ2v) is 9.74. The minimum absolute atomic E-state index is 0.160. The fourth-order valence-corrected chi connectivity index (χ4v) is 5.87. The van der Waals surface area contributed by atoms with Crippen molar-refractivity contribution in [2.75, 3.05) is 0 Å². The Hall–Kier alpha value is -2.03. The summed E-state index contributed by atoms with van der Waals surface area (Å²) >= 11 is 8.09. The van der Waals surface area contributed by atoms with E-state index >= 15 is 0 Å². The van der Waals surface area contributed by atoms with Gasteiger partial charge in [0.05, 0.1) is 16.3 Å². The summed E-state index contributed by atoms with van der Waals surface area (Å²) in [4.78, 5) is 18.5. The highest BCUT2D eigenvalue weighted by atomic mass is 32.2. The number of amides is 1. The zero-order chi connectivity index (χ0) is 19.1. The molecule has 1 saturated heterocycles. The van der Waals surface area contributed by atoms with Crippen LogP contribution in [-0.4, -0.2) is 24.8 Å². The number of imidazole rings is 1. The number of carbonyl (C=O) groups excluding carboxylic acids is 1. The van der Waals surface area contributed by atoms with Crippen LogP contribution in [0.5, 0.6) is 0 Å². The maximum absolute atomic E-state index is 12.2. The molecule has 0 radical (unpaired) electrons. The Bertz CT molecular complexity index is 1090. The van der Waals surface area contributed by atoms with Crippen LogP contribution in [0.25, 0.3) is 22.3 Å². The first kappa shape index (κ1) is 18.0. The Morgan fingerprint density at radius 3 is 2.68 bits per heavy atom. The van der Waals surface area contributed by atoms with Crippen LogP contribution in [0.1, 0.15) is 48.7 Å². The largest absolute Gasteiger partial charge is 0.307 e. The van der Waals surface area contributed by atoms with E-state index in [9.17, 15) is 4.79 Å². The summed E-state index contributed by atoms with van der Waals surface area (Å²) in [5.41, 5.74) is 2.69. The standard InChI is InChI=1S/C20H18N4OS3/c25-17-15(27-20(26)22-17)11-14-16(12-7-3-1-4-8-12)21-19-24(14)23-18(28-19)13-9-5-2-6-10-13/h1,3-4,7-8,11,13H,2,5-6,9-10H2,(H,22,25,26)/b15-11-. The van der Waals surface area contributed by atoms with Gasteiger partial charge in [0, 0.05) is 11.5 Å². The molecule has 1 aliphatic heterocycles. The molecule has 2 aliphatic rings. The van der Waals surface area contributed by atoms with Gasteiger partial charge in [0.1, 0.15) is 9.33 Å². The molecule has 1 saturated carbocycles. The van der Waals surface area contributed by atoms with E-state index in [-0.39, 0.29) is 5.91 Å². The quantitative estimate of drug-likeness (QED) is 0.472. The van der Waals surface area contributed by atoms with Crippen molar-refractivity contribution in [2.24, 2.45) is 0 Å². The number of thiocarbonyl (C=S) groups is 1. The van der Waals surface area contributed by atoms with E-state index in [0.29, 0.717) is 15.1 Å². The Labute approximate surface area is 176 Å². The summed E-state index contributed by atoms with van der Waals surface area (Å²) in [7, 11) is 0. The molecular weight excluding hydrogens is 408 g/mol. The average Bonchev–Trinajstić information content (AvgIpc) is 3.37. The predicted molar refractivity (Wildman–Crippen MR) is 118 cm³/mol. The molecule has 2 aromatic heterocycles. The van der Waals surface area contributed by atoms with E-state index in [4.69, 9.17) is 22.3 Å². The maximum atomic E-state index is 12.2. The van der Waals surface area contributed by atoms with Crippen molar-refractivity contribution >= 4 is 56.6 Å². The molecule has 0 bridgehead atoms. The number of thioether (sulfide) groups is 1. The number of rotatable bonds is 3. The molecule has 1 aromatic carbocycles. The molecule has 3 aromatic rings. The number of fused-ring (bicyclic) bond motifs is 1. The molecule has 142 valence electrons. The molecule has 5 rings (SSSR count). The van der Waals surface area contributed by atoms with Gasteiger partial charge in [-0.25, -0.2) is 9.50 Å². The van der Waals surface area contributed by atoms with Gasteiger partial charge in [-0.1, -0.05) is 84.9 Å². The number of hydrogen-bond donors (Lipinski definition) is 1. The monoisotopic (exact) mass is 426 g/mol. The third-order valence-electron chi connectivity index (χ3n) is 5.17. The van der Waals surface area contributed by atoms with Gasteiger partial charge in [0.15, 0.2) is 0 Å². The summed E-state index contributed by atoms with van der Waals surface area (Å²) in [6.07, 6.45) is 8.13. The highest BCUT2D eigenvalue weighted by Gasteiger charge is 2.26. The van der Waals surface area contributed by atoms with Crippen molar-refractivity contribution in [3.05, 3.63) is 45.9 Å². The number of hydrogen-bond acceptors (Lipinski definition) is 6. The Kier molecular flexibility index (Phi) is 4.78. The summed E-state index contributed by atoms with van der Waals surface area (Å²) in [5.74, 6) is 0.365. The lowest BCUT2D eigenvalue weighted by atomic mass is 9.90. The van der Waals surface area contributed by atoms with Gasteiger partial charge in [-0.05, 0) is 18.9 Å². The van der Waals surface area contributed by atoms with Crippen LogP contribution in [0.2, 0.25) is 0 Å². The van der Waals surface area contributed by atoms with E-state index in [0.717, 1.165) is 26.9 Å². The topological polar surface area (TPSA) is 59.3 Å². The Morgan fingerprint density at radius 1 is 1.18 bits per heavy atom. The maximum Gasteiger partial charge on any atom is 0.263 e. The van der Waals surface area contributed by atoms with E-state index in [1.165, 1.54) is 43.9 Å². The van der Waals surface area contributed by atoms with Crippen molar-refractivity contribution < 1.29 is 4.79 Å². The molecule has 3 heterocycles. The SMILES string of the molecule is O=C1NC(=S)S/C1=C\c1c(-c2ccccc2)nc2sc(C3CCCCC3)nn12. The summed E-state index contributed by atoms with van der Waals surface area (Å²) < 4.78 is 2.39. The van der Waals surface area contributed by atoms with Crippen molar-refractivity contribution in [3.8, 4) is 11.3 Å². The van der Waals surface area contributed by atoms with Gasteiger partial charge in [-0.15, -0.1) is 0 Å². The number of benzene rings is 1. The first-order chi connectivity index (χ1) is 13.7. The molecule has 0 spiro atoms. The summed E-state index contributed by atoms with van der Waals surface area (Å²) in [6.45, 7) is 0. The third kappa shape index (κ3) is 3.29. The first-order valence-corrected chi connectivity index (χ1v) is 11.4. The number of aromatic nitrogens is 3. The van der Waals surface area contributed by atoms with Gasteiger partial charge in [-0.2, -0.15) is 5.10 Å². The lowest BCUT2D eigenvalue weighted by Crippen LogP contribution is -2.17.